The molecule has 0 saturated heterocycles. The Kier molecular flexibility index (Phi) is 2.84. The highest BCUT2D eigenvalue weighted by Gasteiger charge is 2.35. The third-order valence-electron chi connectivity index (χ3n) is 2.31. The summed E-state index contributed by atoms with van der Waals surface area (Å²) in [6.45, 7) is 10.1. The molecular weight excluding hydrogens is 162 g/mol. The molecule has 0 aliphatic carbocycles. The normalized spacial score (nSPS) is 23.0. The largest absolute Gasteiger partial charge is 0.339 e. The summed E-state index contributed by atoms with van der Waals surface area (Å²) >= 11 is 0. The maximum atomic E-state index is 4.32. The number of hydrazone groups is 1. The standard InChI is InChI=1S/C10H21N3/c1-6-7-13-8-11-12(5)9(13)10(2,3)4/h8-9H,6-7H2,1-5H3. The lowest BCUT2D eigenvalue weighted by molar-refractivity contribution is 0.0556. The van der Waals surface area contributed by atoms with E-state index in [2.05, 4.69) is 42.7 Å². The summed E-state index contributed by atoms with van der Waals surface area (Å²) in [5.74, 6) is 0. The van der Waals surface area contributed by atoms with Crippen LogP contribution in [0.5, 0.6) is 0 Å². The third kappa shape index (κ3) is 2.14. The number of rotatable bonds is 2. The van der Waals surface area contributed by atoms with Crippen molar-refractivity contribution in [1.29, 1.82) is 0 Å². The van der Waals surface area contributed by atoms with Gasteiger partial charge in [0.25, 0.3) is 0 Å². The van der Waals surface area contributed by atoms with Crippen molar-refractivity contribution in [3.05, 3.63) is 0 Å². The summed E-state index contributed by atoms with van der Waals surface area (Å²) in [6.07, 6.45) is 3.54. The minimum atomic E-state index is 0.250. The summed E-state index contributed by atoms with van der Waals surface area (Å²) < 4.78 is 0. The van der Waals surface area contributed by atoms with Gasteiger partial charge < -0.3 is 4.90 Å². The second kappa shape index (κ2) is 3.56. The number of nitrogens with zero attached hydrogens (tertiary/aromatic N) is 3. The van der Waals surface area contributed by atoms with Crippen LogP contribution in [0.4, 0.5) is 0 Å². The molecule has 1 heterocycles. The van der Waals surface area contributed by atoms with E-state index in [4.69, 9.17) is 0 Å². The molecule has 0 aromatic heterocycles. The van der Waals surface area contributed by atoms with E-state index in [0.29, 0.717) is 6.17 Å². The van der Waals surface area contributed by atoms with Crippen molar-refractivity contribution < 1.29 is 0 Å². The first-order chi connectivity index (χ1) is 5.96. The fourth-order valence-corrected chi connectivity index (χ4v) is 1.98. The zero-order chi connectivity index (χ0) is 10.1. The van der Waals surface area contributed by atoms with Gasteiger partial charge in [0.1, 0.15) is 12.5 Å². The Morgan fingerprint density at radius 1 is 1.38 bits per heavy atom. The average molecular weight is 183 g/mol. The van der Waals surface area contributed by atoms with Crippen LogP contribution < -0.4 is 0 Å². The molecule has 0 fully saturated rings. The maximum absolute atomic E-state index is 4.32. The van der Waals surface area contributed by atoms with Crippen LogP contribution in [0.3, 0.4) is 0 Å². The zero-order valence-corrected chi connectivity index (χ0v) is 9.41. The van der Waals surface area contributed by atoms with Crippen molar-refractivity contribution in [1.82, 2.24) is 9.91 Å². The first-order valence-corrected chi connectivity index (χ1v) is 4.99. The van der Waals surface area contributed by atoms with Crippen molar-refractivity contribution in [2.75, 3.05) is 13.6 Å². The van der Waals surface area contributed by atoms with E-state index < -0.39 is 0 Å². The lowest BCUT2D eigenvalue weighted by Crippen LogP contribution is -2.47. The predicted molar refractivity (Wildman–Crippen MR) is 56.5 cm³/mol. The van der Waals surface area contributed by atoms with Crippen molar-refractivity contribution >= 4 is 6.34 Å². The summed E-state index contributed by atoms with van der Waals surface area (Å²) in [6, 6.07) is 0. The Balaban J connectivity index is 2.70. The highest BCUT2D eigenvalue weighted by Crippen LogP contribution is 2.28. The molecule has 3 heteroatoms. The summed E-state index contributed by atoms with van der Waals surface area (Å²) in [4.78, 5) is 2.32. The molecule has 0 N–H and O–H groups in total. The zero-order valence-electron chi connectivity index (χ0n) is 9.41. The molecule has 0 spiro atoms. The maximum Gasteiger partial charge on any atom is 0.123 e. The van der Waals surface area contributed by atoms with Crippen molar-refractivity contribution in [3.8, 4) is 0 Å². The summed E-state index contributed by atoms with van der Waals surface area (Å²) in [5, 5.41) is 6.37. The molecule has 13 heavy (non-hydrogen) atoms. The summed E-state index contributed by atoms with van der Waals surface area (Å²) in [5.41, 5.74) is 0.250. The van der Waals surface area contributed by atoms with Crippen LogP contribution in [0.25, 0.3) is 0 Å². The van der Waals surface area contributed by atoms with Gasteiger partial charge in [0.15, 0.2) is 0 Å². The minimum Gasteiger partial charge on any atom is -0.339 e. The fraction of sp³-hybridized carbons (Fsp3) is 0.900. The second-order valence-corrected chi connectivity index (χ2v) is 4.78. The van der Waals surface area contributed by atoms with E-state index in [9.17, 15) is 0 Å². The quantitative estimate of drug-likeness (QED) is 0.651. The van der Waals surface area contributed by atoms with E-state index in [-0.39, 0.29) is 5.41 Å². The Bertz CT molecular complexity index is 193. The van der Waals surface area contributed by atoms with Crippen molar-refractivity contribution in [2.45, 2.75) is 40.3 Å². The Morgan fingerprint density at radius 2 is 2.00 bits per heavy atom. The molecule has 0 radical (unpaired) electrons. The average Bonchev–Trinajstić information content (AvgIpc) is 2.31. The van der Waals surface area contributed by atoms with Gasteiger partial charge in [-0.05, 0) is 6.42 Å². The lowest BCUT2D eigenvalue weighted by Gasteiger charge is -2.38. The Hall–Kier alpha value is -0.730. The third-order valence-corrected chi connectivity index (χ3v) is 2.31. The van der Waals surface area contributed by atoms with Gasteiger partial charge in [-0.15, -0.1) is 0 Å². The molecule has 1 atom stereocenters. The van der Waals surface area contributed by atoms with Crippen LogP contribution >= 0.6 is 0 Å². The number of hydrogen-bond acceptors (Lipinski definition) is 3. The molecule has 3 nitrogen and oxygen atoms in total. The SMILES string of the molecule is CCCN1C=NN(C)C1C(C)(C)C. The smallest absolute Gasteiger partial charge is 0.123 e. The highest BCUT2D eigenvalue weighted by molar-refractivity contribution is 5.57. The van der Waals surface area contributed by atoms with E-state index in [1.807, 2.05) is 13.4 Å². The van der Waals surface area contributed by atoms with E-state index in [1.54, 1.807) is 0 Å². The molecule has 76 valence electrons. The van der Waals surface area contributed by atoms with E-state index in [1.165, 1.54) is 6.42 Å². The van der Waals surface area contributed by atoms with Gasteiger partial charge in [-0.3, -0.25) is 5.01 Å². The van der Waals surface area contributed by atoms with Crippen LogP contribution in [-0.4, -0.2) is 36.0 Å². The predicted octanol–water partition coefficient (Wildman–Crippen LogP) is 1.96. The van der Waals surface area contributed by atoms with Gasteiger partial charge in [0.05, 0.1) is 0 Å². The molecular formula is C10H21N3. The van der Waals surface area contributed by atoms with Crippen molar-refractivity contribution in [2.24, 2.45) is 10.5 Å². The van der Waals surface area contributed by atoms with Crippen molar-refractivity contribution in [3.63, 3.8) is 0 Å². The monoisotopic (exact) mass is 183 g/mol. The molecule has 0 aromatic rings. The van der Waals surface area contributed by atoms with Crippen LogP contribution in [0.2, 0.25) is 0 Å². The van der Waals surface area contributed by atoms with Gasteiger partial charge in [0, 0.05) is 19.0 Å². The van der Waals surface area contributed by atoms with Gasteiger partial charge >= 0.3 is 0 Å². The molecule has 0 bridgehead atoms. The highest BCUT2D eigenvalue weighted by atomic mass is 15.6. The molecule has 1 rings (SSSR count). The van der Waals surface area contributed by atoms with Gasteiger partial charge in [-0.25, -0.2) is 0 Å². The second-order valence-electron chi connectivity index (χ2n) is 4.78. The topological polar surface area (TPSA) is 18.8 Å². The fourth-order valence-electron chi connectivity index (χ4n) is 1.98. The number of hydrogen-bond donors (Lipinski definition) is 0. The van der Waals surface area contributed by atoms with Crippen LogP contribution in [0.1, 0.15) is 34.1 Å². The van der Waals surface area contributed by atoms with Gasteiger partial charge in [-0.2, -0.15) is 5.10 Å². The van der Waals surface area contributed by atoms with Crippen LogP contribution in [0, 0.1) is 5.41 Å². The molecule has 0 aromatic carbocycles. The van der Waals surface area contributed by atoms with Crippen LogP contribution in [-0.2, 0) is 0 Å². The molecule has 1 aliphatic heterocycles. The summed E-state index contributed by atoms with van der Waals surface area (Å²) in [7, 11) is 2.04. The molecule has 0 saturated carbocycles. The Labute approximate surface area is 81.4 Å². The van der Waals surface area contributed by atoms with Gasteiger partial charge in [0.2, 0.25) is 0 Å². The van der Waals surface area contributed by atoms with E-state index in [0.717, 1.165) is 6.54 Å². The minimum absolute atomic E-state index is 0.250. The lowest BCUT2D eigenvalue weighted by atomic mass is 9.91. The molecule has 1 unspecified atom stereocenters. The Morgan fingerprint density at radius 3 is 2.46 bits per heavy atom. The van der Waals surface area contributed by atoms with Gasteiger partial charge in [-0.1, -0.05) is 27.7 Å². The molecule has 1 aliphatic rings. The first-order valence-electron chi connectivity index (χ1n) is 4.99. The first kappa shape index (κ1) is 10.4. The molecule has 0 amide bonds. The van der Waals surface area contributed by atoms with Crippen LogP contribution in [0.15, 0.2) is 5.10 Å². The van der Waals surface area contributed by atoms with E-state index >= 15 is 0 Å².